The molecule has 0 nitrogen and oxygen atoms in total. The largest absolute Gasteiger partial charge is 0.0925 e. The molecule has 90 valence electrons. The molecule has 0 saturated heterocycles. The number of alkyl halides is 1. The molecule has 0 aromatic heterocycles. The molecule has 0 aliphatic carbocycles. The van der Waals surface area contributed by atoms with E-state index >= 15 is 0 Å². The lowest BCUT2D eigenvalue weighted by atomic mass is 9.86. The first-order valence-electron chi connectivity index (χ1n) is 6.29. The van der Waals surface area contributed by atoms with Crippen LogP contribution in [0.25, 0.3) is 0 Å². The van der Waals surface area contributed by atoms with Crippen molar-refractivity contribution in [3.05, 3.63) is 35.4 Å². The Kier molecular flexibility index (Phi) is 6.12. The lowest BCUT2D eigenvalue weighted by Gasteiger charge is -2.22. The highest BCUT2D eigenvalue weighted by molar-refractivity contribution is 9.09. The number of rotatable bonds is 6. The number of hydrogen-bond acceptors (Lipinski definition) is 0. The summed E-state index contributed by atoms with van der Waals surface area (Å²) in [6.07, 6.45) is 3.83. The van der Waals surface area contributed by atoms with Gasteiger partial charge in [-0.3, -0.25) is 0 Å². The predicted molar refractivity (Wildman–Crippen MR) is 76.2 cm³/mol. The van der Waals surface area contributed by atoms with Gasteiger partial charge in [0, 0.05) is 5.33 Å². The molecule has 2 unspecified atom stereocenters. The summed E-state index contributed by atoms with van der Waals surface area (Å²) in [7, 11) is 0. The maximum Gasteiger partial charge on any atom is 0.00653 e. The van der Waals surface area contributed by atoms with E-state index in [4.69, 9.17) is 0 Å². The fraction of sp³-hybridized carbons (Fsp3) is 0.600. The molecule has 2 atom stereocenters. The zero-order valence-corrected chi connectivity index (χ0v) is 12.3. The van der Waals surface area contributed by atoms with Crippen molar-refractivity contribution >= 4 is 15.9 Å². The van der Waals surface area contributed by atoms with E-state index in [-0.39, 0.29) is 0 Å². The SMILES string of the molecule is CCCC(C)C(CBr)Cc1ccccc1C. The van der Waals surface area contributed by atoms with Crippen molar-refractivity contribution in [1.82, 2.24) is 0 Å². The molecule has 0 aliphatic heterocycles. The molecule has 0 aliphatic rings. The second-order valence-corrected chi connectivity index (χ2v) is 5.46. The van der Waals surface area contributed by atoms with Crippen molar-refractivity contribution in [1.29, 1.82) is 0 Å². The van der Waals surface area contributed by atoms with Gasteiger partial charge >= 0.3 is 0 Å². The van der Waals surface area contributed by atoms with E-state index in [2.05, 4.69) is 61.0 Å². The maximum absolute atomic E-state index is 3.67. The van der Waals surface area contributed by atoms with Gasteiger partial charge in [0.1, 0.15) is 0 Å². The molecule has 0 N–H and O–H groups in total. The van der Waals surface area contributed by atoms with E-state index in [1.807, 2.05) is 0 Å². The Morgan fingerprint density at radius 3 is 2.50 bits per heavy atom. The molecule has 0 heterocycles. The van der Waals surface area contributed by atoms with Crippen LogP contribution in [0.5, 0.6) is 0 Å². The summed E-state index contributed by atoms with van der Waals surface area (Å²) in [5.41, 5.74) is 2.94. The minimum Gasteiger partial charge on any atom is -0.0925 e. The van der Waals surface area contributed by atoms with Crippen molar-refractivity contribution < 1.29 is 0 Å². The molecule has 1 heteroatoms. The fourth-order valence-electron chi connectivity index (χ4n) is 2.22. The van der Waals surface area contributed by atoms with Crippen LogP contribution in [0.15, 0.2) is 24.3 Å². The third-order valence-electron chi connectivity index (χ3n) is 3.49. The summed E-state index contributed by atoms with van der Waals surface area (Å²) in [6, 6.07) is 8.75. The van der Waals surface area contributed by atoms with Crippen LogP contribution in [-0.2, 0) is 6.42 Å². The highest BCUT2D eigenvalue weighted by atomic mass is 79.9. The summed E-state index contributed by atoms with van der Waals surface area (Å²) in [6.45, 7) is 6.87. The lowest BCUT2D eigenvalue weighted by molar-refractivity contribution is 0.367. The van der Waals surface area contributed by atoms with Crippen LogP contribution < -0.4 is 0 Å². The molecule has 0 bridgehead atoms. The first-order valence-corrected chi connectivity index (χ1v) is 7.41. The molecule has 0 spiro atoms. The average molecular weight is 283 g/mol. The maximum atomic E-state index is 3.67. The van der Waals surface area contributed by atoms with E-state index < -0.39 is 0 Å². The number of halogens is 1. The molecule has 1 rings (SSSR count). The summed E-state index contributed by atoms with van der Waals surface area (Å²) in [4.78, 5) is 0. The van der Waals surface area contributed by atoms with Crippen LogP contribution >= 0.6 is 15.9 Å². The Hall–Kier alpha value is -0.300. The van der Waals surface area contributed by atoms with Gasteiger partial charge in [-0.05, 0) is 36.3 Å². The van der Waals surface area contributed by atoms with Gasteiger partial charge in [0.2, 0.25) is 0 Å². The molecule has 0 fully saturated rings. The van der Waals surface area contributed by atoms with Crippen LogP contribution in [0.4, 0.5) is 0 Å². The lowest BCUT2D eigenvalue weighted by Crippen LogP contribution is -2.16. The minimum atomic E-state index is 0.765. The van der Waals surface area contributed by atoms with E-state index in [9.17, 15) is 0 Å². The smallest absolute Gasteiger partial charge is 0.00653 e. The highest BCUT2D eigenvalue weighted by Gasteiger charge is 2.16. The van der Waals surface area contributed by atoms with Crippen molar-refractivity contribution in [3.8, 4) is 0 Å². The van der Waals surface area contributed by atoms with E-state index in [0.29, 0.717) is 0 Å². The zero-order valence-electron chi connectivity index (χ0n) is 10.7. The van der Waals surface area contributed by atoms with E-state index in [1.54, 1.807) is 0 Å². The van der Waals surface area contributed by atoms with Crippen LogP contribution in [0.3, 0.4) is 0 Å². The third-order valence-corrected chi connectivity index (χ3v) is 4.32. The minimum absolute atomic E-state index is 0.765. The van der Waals surface area contributed by atoms with Gasteiger partial charge in [0.15, 0.2) is 0 Å². The quantitative estimate of drug-likeness (QED) is 0.645. The second-order valence-electron chi connectivity index (χ2n) is 4.81. The summed E-state index contributed by atoms with van der Waals surface area (Å²) in [5.74, 6) is 1.57. The Morgan fingerprint density at radius 1 is 1.25 bits per heavy atom. The monoisotopic (exact) mass is 282 g/mol. The molecule has 1 aromatic rings. The first-order chi connectivity index (χ1) is 7.69. The molecule has 0 amide bonds. The third kappa shape index (κ3) is 3.93. The van der Waals surface area contributed by atoms with E-state index in [1.165, 1.54) is 30.4 Å². The standard InChI is InChI=1S/C15H23Br/c1-4-7-12(2)15(11-16)10-14-9-6-5-8-13(14)3/h5-6,8-9,12,15H,4,7,10-11H2,1-3H3. The van der Waals surface area contributed by atoms with Crippen LogP contribution in [-0.4, -0.2) is 5.33 Å². The highest BCUT2D eigenvalue weighted by Crippen LogP contribution is 2.24. The Labute approximate surface area is 109 Å². The van der Waals surface area contributed by atoms with Crippen molar-refractivity contribution in [3.63, 3.8) is 0 Å². The average Bonchev–Trinajstić information content (AvgIpc) is 2.28. The summed E-state index contributed by atoms with van der Waals surface area (Å²) >= 11 is 3.67. The van der Waals surface area contributed by atoms with Gasteiger partial charge in [0.25, 0.3) is 0 Å². The second kappa shape index (κ2) is 7.11. The van der Waals surface area contributed by atoms with Gasteiger partial charge in [-0.2, -0.15) is 0 Å². The molecular weight excluding hydrogens is 260 g/mol. The molecule has 0 saturated carbocycles. The van der Waals surface area contributed by atoms with Crippen LogP contribution in [0, 0.1) is 18.8 Å². The number of benzene rings is 1. The normalized spacial score (nSPS) is 14.8. The molecule has 0 radical (unpaired) electrons. The van der Waals surface area contributed by atoms with Crippen LogP contribution in [0.2, 0.25) is 0 Å². The van der Waals surface area contributed by atoms with Gasteiger partial charge < -0.3 is 0 Å². The summed E-state index contributed by atoms with van der Waals surface area (Å²) in [5, 5.41) is 1.11. The number of aryl methyl sites for hydroxylation is 1. The molecule has 1 aromatic carbocycles. The van der Waals surface area contributed by atoms with E-state index in [0.717, 1.165) is 17.2 Å². The van der Waals surface area contributed by atoms with Crippen LogP contribution in [0.1, 0.15) is 37.8 Å². The number of hydrogen-bond donors (Lipinski definition) is 0. The Bertz CT molecular complexity index is 306. The van der Waals surface area contributed by atoms with Gasteiger partial charge in [-0.25, -0.2) is 0 Å². The first kappa shape index (κ1) is 13.8. The van der Waals surface area contributed by atoms with Gasteiger partial charge in [-0.15, -0.1) is 0 Å². The molecule has 16 heavy (non-hydrogen) atoms. The Morgan fingerprint density at radius 2 is 1.94 bits per heavy atom. The van der Waals surface area contributed by atoms with Crippen molar-refractivity contribution in [2.45, 2.75) is 40.0 Å². The fourth-order valence-corrected chi connectivity index (χ4v) is 3.09. The van der Waals surface area contributed by atoms with Gasteiger partial charge in [-0.1, -0.05) is 66.9 Å². The van der Waals surface area contributed by atoms with Crippen molar-refractivity contribution in [2.24, 2.45) is 11.8 Å². The topological polar surface area (TPSA) is 0 Å². The molecular formula is C15H23Br. The van der Waals surface area contributed by atoms with Gasteiger partial charge in [0.05, 0.1) is 0 Å². The Balaban J connectivity index is 2.66. The zero-order chi connectivity index (χ0) is 12.0. The predicted octanol–water partition coefficient (Wildman–Crippen LogP) is 4.98. The van der Waals surface area contributed by atoms with Crippen molar-refractivity contribution in [2.75, 3.05) is 5.33 Å². The summed E-state index contributed by atoms with van der Waals surface area (Å²) < 4.78 is 0.